The van der Waals surface area contributed by atoms with Crippen molar-refractivity contribution >= 4 is 17.7 Å². The van der Waals surface area contributed by atoms with Crippen LogP contribution in [0.25, 0.3) is 0 Å². The van der Waals surface area contributed by atoms with Crippen molar-refractivity contribution in [3.05, 3.63) is 32.6 Å². The van der Waals surface area contributed by atoms with E-state index in [1.165, 1.54) is 6.07 Å². The van der Waals surface area contributed by atoms with Crippen LogP contribution in [0.2, 0.25) is 0 Å². The largest absolute Gasteiger partial charge is 0.480 e. The molecule has 1 unspecified atom stereocenters. The van der Waals surface area contributed by atoms with Crippen LogP contribution in [-0.4, -0.2) is 39.1 Å². The van der Waals surface area contributed by atoms with Gasteiger partial charge in [-0.3, -0.25) is 19.9 Å². The highest BCUT2D eigenvalue weighted by atomic mass is 32.2. The fourth-order valence-electron chi connectivity index (χ4n) is 1.40. The summed E-state index contributed by atoms with van der Waals surface area (Å²) >= 11 is 1.56. The van der Waals surface area contributed by atoms with Crippen LogP contribution < -0.4 is 16.6 Å². The van der Waals surface area contributed by atoms with Crippen molar-refractivity contribution in [1.82, 2.24) is 15.3 Å². The van der Waals surface area contributed by atoms with Gasteiger partial charge in [0.15, 0.2) is 0 Å². The summed E-state index contributed by atoms with van der Waals surface area (Å²) in [5.41, 5.74) is -0.749. The van der Waals surface area contributed by atoms with Gasteiger partial charge in [-0.25, -0.2) is 4.79 Å². The molecule has 0 radical (unpaired) electrons. The first kappa shape index (κ1) is 14.5. The number of H-pyrrole nitrogens is 2. The lowest BCUT2D eigenvalue weighted by Crippen LogP contribution is -2.37. The molecule has 0 bridgehead atoms. The van der Waals surface area contributed by atoms with Gasteiger partial charge in [0.2, 0.25) is 0 Å². The van der Waals surface area contributed by atoms with Gasteiger partial charge in [0.1, 0.15) is 6.04 Å². The minimum absolute atomic E-state index is 0.129. The summed E-state index contributed by atoms with van der Waals surface area (Å²) in [5.74, 6) is -0.230. The zero-order valence-electron chi connectivity index (χ0n) is 9.86. The van der Waals surface area contributed by atoms with Crippen molar-refractivity contribution < 1.29 is 9.90 Å². The number of rotatable bonds is 7. The molecule has 7 nitrogen and oxygen atoms in total. The van der Waals surface area contributed by atoms with Gasteiger partial charge in [-0.1, -0.05) is 0 Å². The Kier molecular flexibility index (Phi) is 5.66. The summed E-state index contributed by atoms with van der Waals surface area (Å²) < 4.78 is 0. The monoisotopic (exact) mass is 273 g/mol. The van der Waals surface area contributed by atoms with E-state index < -0.39 is 23.3 Å². The molecule has 0 saturated carbocycles. The van der Waals surface area contributed by atoms with Gasteiger partial charge in [0, 0.05) is 18.3 Å². The van der Waals surface area contributed by atoms with Crippen LogP contribution in [0.1, 0.15) is 12.1 Å². The topological polar surface area (TPSA) is 115 Å². The van der Waals surface area contributed by atoms with Crippen molar-refractivity contribution in [3.63, 3.8) is 0 Å². The summed E-state index contributed by atoms with van der Waals surface area (Å²) in [5, 5.41) is 11.8. The molecule has 1 aromatic heterocycles. The zero-order valence-corrected chi connectivity index (χ0v) is 10.7. The number of carboxylic acid groups (broad SMARTS) is 1. The number of aromatic nitrogens is 2. The number of carboxylic acids is 1. The van der Waals surface area contributed by atoms with Crippen molar-refractivity contribution in [2.75, 3.05) is 12.0 Å². The Morgan fingerprint density at radius 1 is 1.50 bits per heavy atom. The minimum atomic E-state index is -0.948. The molecule has 100 valence electrons. The Labute approximate surface area is 107 Å². The van der Waals surface area contributed by atoms with Crippen molar-refractivity contribution in [2.45, 2.75) is 19.0 Å². The molecule has 0 aliphatic carbocycles. The average molecular weight is 273 g/mol. The summed E-state index contributed by atoms with van der Waals surface area (Å²) in [4.78, 5) is 37.5. The van der Waals surface area contributed by atoms with Crippen molar-refractivity contribution in [2.24, 2.45) is 0 Å². The van der Waals surface area contributed by atoms with Gasteiger partial charge < -0.3 is 10.1 Å². The van der Waals surface area contributed by atoms with Crippen LogP contribution in [0.4, 0.5) is 0 Å². The van der Waals surface area contributed by atoms with Gasteiger partial charge in [0.25, 0.3) is 5.56 Å². The molecular weight excluding hydrogens is 258 g/mol. The Hall–Kier alpha value is -1.54. The molecule has 1 heterocycles. The van der Waals surface area contributed by atoms with E-state index in [4.69, 9.17) is 5.11 Å². The smallest absolute Gasteiger partial charge is 0.325 e. The summed E-state index contributed by atoms with van der Waals surface area (Å²) in [7, 11) is 0. The molecule has 0 spiro atoms. The van der Waals surface area contributed by atoms with E-state index in [0.717, 1.165) is 5.75 Å². The second-order valence-electron chi connectivity index (χ2n) is 3.67. The minimum Gasteiger partial charge on any atom is -0.480 e. The second-order valence-corrected chi connectivity index (χ2v) is 4.65. The summed E-state index contributed by atoms with van der Waals surface area (Å²) in [6, 6.07) is 0.530. The maximum Gasteiger partial charge on any atom is 0.325 e. The lowest BCUT2D eigenvalue weighted by molar-refractivity contribution is -0.139. The van der Waals surface area contributed by atoms with E-state index >= 15 is 0 Å². The molecule has 0 aromatic carbocycles. The number of hydrogen-bond donors (Lipinski definition) is 4. The second kappa shape index (κ2) is 7.02. The number of thioether (sulfide) groups is 1. The third-order valence-electron chi connectivity index (χ3n) is 2.26. The number of carbonyl (C=O) groups is 1. The fraction of sp³-hybridized carbons (Fsp3) is 0.500. The van der Waals surface area contributed by atoms with E-state index in [9.17, 15) is 14.4 Å². The third-order valence-corrected chi connectivity index (χ3v) is 2.91. The number of aromatic amines is 2. The summed E-state index contributed by atoms with van der Waals surface area (Å²) in [6.45, 7) is 0.129. The highest BCUT2D eigenvalue weighted by molar-refractivity contribution is 7.98. The van der Waals surface area contributed by atoms with Crippen LogP contribution in [0.3, 0.4) is 0 Å². The highest BCUT2D eigenvalue weighted by Gasteiger charge is 2.16. The zero-order chi connectivity index (χ0) is 13.5. The van der Waals surface area contributed by atoms with Crippen molar-refractivity contribution in [1.29, 1.82) is 0 Å². The molecule has 18 heavy (non-hydrogen) atoms. The maximum absolute atomic E-state index is 11.0. The molecule has 1 aromatic rings. The van der Waals surface area contributed by atoms with Gasteiger partial charge in [0.05, 0.1) is 0 Å². The first-order chi connectivity index (χ1) is 8.52. The normalized spacial score (nSPS) is 12.3. The number of nitrogens with one attached hydrogen (secondary N) is 3. The number of aliphatic carboxylic acids is 1. The molecule has 0 saturated heterocycles. The predicted octanol–water partition coefficient (Wildman–Crippen LogP) is -0.641. The van der Waals surface area contributed by atoms with Crippen LogP contribution >= 0.6 is 11.8 Å². The third kappa shape index (κ3) is 4.76. The molecular formula is C10H15N3O4S. The fourth-order valence-corrected chi connectivity index (χ4v) is 1.87. The molecule has 4 N–H and O–H groups in total. The molecule has 1 atom stereocenters. The van der Waals surface area contributed by atoms with Gasteiger partial charge in [-0.05, 0) is 18.4 Å². The Balaban J connectivity index is 2.63. The average Bonchev–Trinajstić information content (AvgIpc) is 2.27. The standard InChI is InChI=1S/C10H15N3O4S/c1-18-3-2-7(9(15)16)11-5-6-4-8(14)13-10(17)12-6/h4,7,11H,2-3,5H2,1H3,(H,15,16)(H2,12,13,14,17). The quantitative estimate of drug-likeness (QED) is 0.525. The predicted molar refractivity (Wildman–Crippen MR) is 68.9 cm³/mol. The van der Waals surface area contributed by atoms with E-state index in [-0.39, 0.29) is 6.54 Å². The van der Waals surface area contributed by atoms with Crippen LogP contribution in [0, 0.1) is 0 Å². The first-order valence-corrected chi connectivity index (χ1v) is 6.70. The Bertz CT molecular complexity index is 482. The lowest BCUT2D eigenvalue weighted by atomic mass is 10.2. The van der Waals surface area contributed by atoms with Gasteiger partial charge >= 0.3 is 11.7 Å². The first-order valence-electron chi connectivity index (χ1n) is 5.30. The number of hydrogen-bond acceptors (Lipinski definition) is 5. The molecule has 1 rings (SSSR count). The highest BCUT2D eigenvalue weighted by Crippen LogP contribution is 2.01. The van der Waals surface area contributed by atoms with Crippen LogP contribution in [0.5, 0.6) is 0 Å². The molecule has 0 aliphatic heterocycles. The van der Waals surface area contributed by atoms with Gasteiger partial charge in [-0.2, -0.15) is 11.8 Å². The SMILES string of the molecule is CSCCC(NCc1cc(=O)[nH]c(=O)[nH]1)C(=O)O. The lowest BCUT2D eigenvalue weighted by Gasteiger charge is -2.13. The van der Waals surface area contributed by atoms with Crippen LogP contribution in [-0.2, 0) is 11.3 Å². The molecule has 0 aliphatic rings. The van der Waals surface area contributed by atoms with E-state index in [1.807, 2.05) is 11.2 Å². The maximum atomic E-state index is 11.0. The Morgan fingerprint density at radius 2 is 2.22 bits per heavy atom. The van der Waals surface area contributed by atoms with Gasteiger partial charge in [-0.15, -0.1) is 0 Å². The van der Waals surface area contributed by atoms with Crippen LogP contribution in [0.15, 0.2) is 15.7 Å². The van der Waals surface area contributed by atoms with E-state index in [1.54, 1.807) is 11.8 Å². The van der Waals surface area contributed by atoms with Crippen molar-refractivity contribution in [3.8, 4) is 0 Å². The Morgan fingerprint density at radius 3 is 2.78 bits per heavy atom. The summed E-state index contributed by atoms with van der Waals surface area (Å²) in [6.07, 6.45) is 2.37. The molecule has 8 heteroatoms. The molecule has 0 amide bonds. The van der Waals surface area contributed by atoms with E-state index in [2.05, 4.69) is 10.3 Å². The molecule has 0 fully saturated rings. The van der Waals surface area contributed by atoms with E-state index in [0.29, 0.717) is 12.1 Å².